The van der Waals surface area contributed by atoms with Gasteiger partial charge < -0.3 is 13.9 Å². The molecule has 0 atom stereocenters. The first-order valence-corrected chi connectivity index (χ1v) is 20.4. The van der Waals surface area contributed by atoms with Gasteiger partial charge >= 0.3 is 0 Å². The van der Waals surface area contributed by atoms with Gasteiger partial charge in [-0.15, -0.1) is 11.3 Å². The number of hydrogen-bond acceptors (Lipinski definition) is 3. The van der Waals surface area contributed by atoms with Crippen molar-refractivity contribution in [2.45, 2.75) is 19.3 Å². The summed E-state index contributed by atoms with van der Waals surface area (Å²) in [6.45, 7) is 4.70. The first-order chi connectivity index (χ1) is 28.0. The van der Waals surface area contributed by atoms with Crippen molar-refractivity contribution in [3.63, 3.8) is 0 Å². The maximum Gasteiger partial charge on any atom is 0.135 e. The molecule has 0 saturated heterocycles. The molecule has 11 aromatic rings. The van der Waals surface area contributed by atoms with E-state index in [-0.39, 0.29) is 5.41 Å². The minimum absolute atomic E-state index is 0.111. The van der Waals surface area contributed by atoms with Crippen LogP contribution in [0.5, 0.6) is 0 Å². The Morgan fingerprint density at radius 2 is 1.16 bits per heavy atom. The van der Waals surface area contributed by atoms with E-state index in [1.54, 1.807) is 0 Å². The van der Waals surface area contributed by atoms with Gasteiger partial charge in [0, 0.05) is 54.4 Å². The first-order valence-electron chi connectivity index (χ1n) is 19.6. The number of nitrogens with zero attached hydrogens (tertiary/aromatic N) is 2. The summed E-state index contributed by atoms with van der Waals surface area (Å²) >= 11 is 1.88. The third-order valence-corrected chi connectivity index (χ3v) is 13.4. The number of para-hydroxylation sites is 2. The van der Waals surface area contributed by atoms with E-state index in [9.17, 15) is 0 Å². The van der Waals surface area contributed by atoms with E-state index in [0.29, 0.717) is 0 Å². The Kier molecular flexibility index (Phi) is 6.85. The van der Waals surface area contributed by atoms with Gasteiger partial charge in [0.2, 0.25) is 0 Å². The molecule has 0 bridgehead atoms. The number of hydrogen-bond donors (Lipinski definition) is 0. The molecule has 4 heteroatoms. The highest BCUT2D eigenvalue weighted by molar-refractivity contribution is 7.26. The van der Waals surface area contributed by atoms with Crippen LogP contribution in [0.2, 0.25) is 0 Å². The van der Waals surface area contributed by atoms with E-state index in [1.165, 1.54) is 70.3 Å². The van der Waals surface area contributed by atoms with Crippen LogP contribution < -0.4 is 4.90 Å². The molecule has 0 aliphatic heterocycles. The first kappa shape index (κ1) is 32.4. The molecule has 1 aliphatic rings. The van der Waals surface area contributed by atoms with E-state index in [0.717, 1.165) is 39.0 Å². The highest BCUT2D eigenvalue weighted by Crippen LogP contribution is 2.51. The average molecular weight is 749 g/mol. The third-order valence-electron chi connectivity index (χ3n) is 12.2. The van der Waals surface area contributed by atoms with Crippen LogP contribution in [0.3, 0.4) is 0 Å². The molecule has 3 aromatic heterocycles. The second-order valence-corrected chi connectivity index (χ2v) is 16.8. The van der Waals surface area contributed by atoms with Crippen molar-refractivity contribution >= 4 is 81.5 Å². The van der Waals surface area contributed by atoms with Crippen LogP contribution in [0, 0.1) is 0 Å². The van der Waals surface area contributed by atoms with E-state index in [2.05, 4.69) is 193 Å². The molecule has 12 rings (SSSR count). The van der Waals surface area contributed by atoms with Crippen LogP contribution in [0.25, 0.3) is 81.1 Å². The molecule has 270 valence electrons. The second kappa shape index (κ2) is 12.1. The standard InChI is InChI=1S/C53H36N2OS/c1-53(2)45-17-9-6-14-39(45)40-27-25-38(32-46(40)53)54(37-26-29-49-43(31-37)41-15-7-10-18-48(41)56-49)36-23-20-33(21-24-36)34-22-28-47-44(30-34)52-51(42-16-8-11-19-50(42)57-52)55(47)35-12-4-3-5-13-35/h3-32H,1-2H3. The zero-order valence-corrected chi connectivity index (χ0v) is 32.3. The maximum absolute atomic E-state index is 6.27. The Hall–Kier alpha value is -6.88. The number of anilines is 3. The van der Waals surface area contributed by atoms with Gasteiger partial charge in [0.1, 0.15) is 11.2 Å². The van der Waals surface area contributed by atoms with Crippen LogP contribution in [0.1, 0.15) is 25.0 Å². The number of fused-ring (bicyclic) bond motifs is 11. The molecule has 3 heterocycles. The van der Waals surface area contributed by atoms with E-state index < -0.39 is 0 Å². The topological polar surface area (TPSA) is 21.3 Å². The van der Waals surface area contributed by atoms with Gasteiger partial charge in [-0.25, -0.2) is 0 Å². The van der Waals surface area contributed by atoms with E-state index in [1.807, 2.05) is 23.5 Å². The lowest BCUT2D eigenvalue weighted by molar-refractivity contribution is 0.660. The molecule has 0 N–H and O–H groups in total. The van der Waals surface area contributed by atoms with Gasteiger partial charge in [-0.2, -0.15) is 0 Å². The monoisotopic (exact) mass is 748 g/mol. The summed E-state index contributed by atoms with van der Waals surface area (Å²) in [7, 11) is 0. The lowest BCUT2D eigenvalue weighted by Gasteiger charge is -2.28. The van der Waals surface area contributed by atoms with E-state index in [4.69, 9.17) is 4.42 Å². The molecule has 3 nitrogen and oxygen atoms in total. The lowest BCUT2D eigenvalue weighted by atomic mass is 9.82. The van der Waals surface area contributed by atoms with Crippen molar-refractivity contribution in [1.29, 1.82) is 0 Å². The van der Waals surface area contributed by atoms with Gasteiger partial charge in [-0.3, -0.25) is 0 Å². The Morgan fingerprint density at radius 1 is 0.491 bits per heavy atom. The third kappa shape index (κ3) is 4.78. The summed E-state index contributed by atoms with van der Waals surface area (Å²) in [6.07, 6.45) is 0. The molecule has 0 saturated carbocycles. The summed E-state index contributed by atoms with van der Waals surface area (Å²) in [4.78, 5) is 2.40. The molecular weight excluding hydrogens is 713 g/mol. The molecule has 0 fully saturated rings. The normalized spacial score (nSPS) is 13.2. The van der Waals surface area contributed by atoms with Crippen molar-refractivity contribution in [1.82, 2.24) is 4.57 Å². The number of rotatable bonds is 5. The summed E-state index contributed by atoms with van der Waals surface area (Å²) in [5.41, 5.74) is 16.4. The van der Waals surface area contributed by atoms with Crippen LogP contribution in [-0.2, 0) is 5.41 Å². The minimum atomic E-state index is -0.111. The SMILES string of the molecule is CC1(C)c2ccccc2-c2ccc(N(c3ccc(-c4ccc5c(c4)c4sc6ccccc6c4n5-c4ccccc4)cc3)c3ccc4oc5ccccc5c4c3)cc21. The van der Waals surface area contributed by atoms with Crippen LogP contribution >= 0.6 is 11.3 Å². The molecule has 0 radical (unpaired) electrons. The van der Waals surface area contributed by atoms with Crippen molar-refractivity contribution in [2.24, 2.45) is 0 Å². The number of furan rings is 1. The Balaban J connectivity index is 1.01. The van der Waals surface area contributed by atoms with Crippen LogP contribution in [0.15, 0.2) is 186 Å². The summed E-state index contributed by atoms with van der Waals surface area (Å²) < 4.78 is 11.3. The Morgan fingerprint density at radius 3 is 2.04 bits per heavy atom. The highest BCUT2D eigenvalue weighted by Gasteiger charge is 2.35. The zero-order chi connectivity index (χ0) is 37.8. The molecule has 8 aromatic carbocycles. The lowest BCUT2D eigenvalue weighted by Crippen LogP contribution is -2.16. The van der Waals surface area contributed by atoms with Crippen LogP contribution in [-0.4, -0.2) is 4.57 Å². The fourth-order valence-corrected chi connectivity index (χ4v) is 10.6. The highest BCUT2D eigenvalue weighted by atomic mass is 32.1. The van der Waals surface area contributed by atoms with Gasteiger partial charge in [-0.1, -0.05) is 117 Å². The van der Waals surface area contributed by atoms with Crippen molar-refractivity contribution in [2.75, 3.05) is 4.90 Å². The summed E-state index contributed by atoms with van der Waals surface area (Å²) in [6, 6.07) is 66.3. The fourth-order valence-electron chi connectivity index (χ4n) is 9.43. The quantitative estimate of drug-likeness (QED) is 0.175. The Labute approximate surface area is 334 Å². The predicted molar refractivity (Wildman–Crippen MR) is 241 cm³/mol. The number of thiophene rings is 1. The average Bonchev–Trinajstić information content (AvgIpc) is 3.98. The zero-order valence-electron chi connectivity index (χ0n) is 31.5. The van der Waals surface area contributed by atoms with Gasteiger partial charge in [0.15, 0.2) is 0 Å². The fraction of sp³-hybridized carbons (Fsp3) is 0.0566. The van der Waals surface area contributed by atoms with Crippen molar-refractivity contribution in [3.05, 3.63) is 193 Å². The van der Waals surface area contributed by atoms with E-state index >= 15 is 0 Å². The summed E-state index contributed by atoms with van der Waals surface area (Å²) in [5, 5.41) is 4.81. The van der Waals surface area contributed by atoms with Crippen molar-refractivity contribution in [3.8, 4) is 27.9 Å². The van der Waals surface area contributed by atoms with Crippen LogP contribution in [0.4, 0.5) is 17.1 Å². The van der Waals surface area contributed by atoms with Gasteiger partial charge in [-0.05, 0) is 112 Å². The minimum Gasteiger partial charge on any atom is -0.456 e. The molecular formula is C53H36N2OS. The number of aromatic nitrogens is 1. The number of benzene rings is 8. The predicted octanol–water partition coefficient (Wildman–Crippen LogP) is 15.3. The Bertz CT molecular complexity index is 3380. The molecule has 0 spiro atoms. The largest absolute Gasteiger partial charge is 0.456 e. The maximum atomic E-state index is 6.27. The molecule has 1 aliphatic carbocycles. The van der Waals surface area contributed by atoms with Gasteiger partial charge in [0.25, 0.3) is 0 Å². The molecule has 0 unspecified atom stereocenters. The molecule has 0 amide bonds. The second-order valence-electron chi connectivity index (χ2n) is 15.7. The smallest absolute Gasteiger partial charge is 0.135 e. The molecule has 57 heavy (non-hydrogen) atoms. The summed E-state index contributed by atoms with van der Waals surface area (Å²) in [5.74, 6) is 0. The van der Waals surface area contributed by atoms with Crippen molar-refractivity contribution < 1.29 is 4.42 Å². The van der Waals surface area contributed by atoms with Gasteiger partial charge in [0.05, 0.1) is 15.7 Å².